The molecular formula is C22H22F3N3O. The van der Waals surface area contributed by atoms with Gasteiger partial charge < -0.3 is 19.9 Å². The van der Waals surface area contributed by atoms with Crippen LogP contribution in [0.2, 0.25) is 0 Å². The number of halogens is 3. The zero-order valence-corrected chi connectivity index (χ0v) is 16.4. The third kappa shape index (κ3) is 4.77. The first-order valence-corrected chi connectivity index (χ1v) is 9.06. The van der Waals surface area contributed by atoms with Gasteiger partial charge in [-0.25, -0.2) is 0 Å². The third-order valence-electron chi connectivity index (χ3n) is 4.49. The number of hydrogen-bond acceptors (Lipinski definition) is 3. The van der Waals surface area contributed by atoms with Gasteiger partial charge in [0.25, 0.3) is 0 Å². The average molecular weight is 401 g/mol. The smallest absolute Gasteiger partial charge is 0.406 e. The summed E-state index contributed by atoms with van der Waals surface area (Å²) in [5.74, 6) is 6.48. The van der Waals surface area contributed by atoms with Gasteiger partial charge in [-0.1, -0.05) is 18.1 Å². The minimum absolute atomic E-state index is 0.270. The maximum Gasteiger partial charge on any atom is 0.406 e. The third-order valence-corrected chi connectivity index (χ3v) is 4.49. The maximum atomic E-state index is 13.1. The van der Waals surface area contributed by atoms with Gasteiger partial charge in [0.2, 0.25) is 0 Å². The van der Waals surface area contributed by atoms with E-state index < -0.39 is 12.7 Å². The molecule has 3 rings (SSSR count). The summed E-state index contributed by atoms with van der Waals surface area (Å²) in [4.78, 5) is 0. The fraction of sp³-hybridized carbons (Fsp3) is 0.273. The van der Waals surface area contributed by atoms with Gasteiger partial charge in [0, 0.05) is 18.1 Å². The number of rotatable bonds is 5. The van der Waals surface area contributed by atoms with Crippen LogP contribution >= 0.6 is 0 Å². The summed E-state index contributed by atoms with van der Waals surface area (Å²) in [6.07, 6.45) is -4.34. The fourth-order valence-electron chi connectivity index (χ4n) is 3.17. The molecule has 0 aliphatic rings. The molecule has 0 unspecified atom stereocenters. The average Bonchev–Trinajstić information content (AvgIpc) is 3.02. The molecule has 152 valence electrons. The number of nitrogens with zero attached hydrogens (tertiary/aromatic N) is 1. The number of hydrogen-bond donors (Lipinski definition) is 2. The maximum absolute atomic E-state index is 13.1. The van der Waals surface area contributed by atoms with E-state index in [1.165, 1.54) is 4.57 Å². The highest BCUT2D eigenvalue weighted by atomic mass is 19.4. The van der Waals surface area contributed by atoms with E-state index in [0.29, 0.717) is 22.3 Å². The number of methoxy groups -OCH3 is 1. The molecule has 1 aromatic heterocycles. The summed E-state index contributed by atoms with van der Waals surface area (Å²) in [6, 6.07) is 12.6. The van der Waals surface area contributed by atoms with Crippen LogP contribution in [0.3, 0.4) is 0 Å². The normalized spacial score (nSPS) is 11.1. The van der Waals surface area contributed by atoms with Crippen LogP contribution in [0, 0.1) is 18.8 Å². The van der Waals surface area contributed by atoms with Crippen molar-refractivity contribution in [2.45, 2.75) is 19.6 Å². The highest BCUT2D eigenvalue weighted by Crippen LogP contribution is 2.30. The van der Waals surface area contributed by atoms with Crippen LogP contribution in [0.1, 0.15) is 11.3 Å². The van der Waals surface area contributed by atoms with Gasteiger partial charge in [-0.05, 0) is 48.7 Å². The van der Waals surface area contributed by atoms with Crippen LogP contribution in [0.25, 0.3) is 10.9 Å². The standard InChI is InChI=1S/C22H22F3N3O/c1-15-9-10-19(21(12-15)29-3)27-11-5-6-16-13-17-18(26-2)7-4-8-20(17)28(16)14-22(23,24)25/h4,7-10,12-13,26-27H,11,14H2,1-3H3. The van der Waals surface area contributed by atoms with Crippen molar-refractivity contribution in [3.8, 4) is 17.6 Å². The predicted molar refractivity (Wildman–Crippen MR) is 111 cm³/mol. The Labute approximate surface area is 167 Å². The van der Waals surface area contributed by atoms with Crippen molar-refractivity contribution in [3.63, 3.8) is 0 Å². The van der Waals surface area contributed by atoms with Gasteiger partial charge in [0.1, 0.15) is 12.3 Å². The van der Waals surface area contributed by atoms with Crippen LogP contribution in [0.4, 0.5) is 24.5 Å². The SMILES string of the molecule is CNc1cccc2c1cc(C#CCNc1ccc(C)cc1OC)n2CC(F)(F)F. The van der Waals surface area contributed by atoms with Crippen LogP contribution in [-0.2, 0) is 6.54 Å². The molecule has 0 saturated heterocycles. The van der Waals surface area contributed by atoms with E-state index in [4.69, 9.17) is 4.74 Å². The molecule has 2 aromatic carbocycles. The molecular weight excluding hydrogens is 379 g/mol. The first kappa shape index (κ1) is 20.5. The van der Waals surface area contributed by atoms with E-state index in [0.717, 1.165) is 16.9 Å². The molecule has 2 N–H and O–H groups in total. The predicted octanol–water partition coefficient (Wildman–Crippen LogP) is 5.03. The first-order chi connectivity index (χ1) is 13.8. The Morgan fingerprint density at radius 3 is 2.59 bits per heavy atom. The number of fused-ring (bicyclic) bond motifs is 1. The van der Waals surface area contributed by atoms with Crippen LogP contribution in [0.15, 0.2) is 42.5 Å². The fourth-order valence-corrected chi connectivity index (χ4v) is 3.17. The monoisotopic (exact) mass is 401 g/mol. The van der Waals surface area contributed by atoms with Gasteiger partial charge >= 0.3 is 6.18 Å². The van der Waals surface area contributed by atoms with Gasteiger partial charge in [-0.15, -0.1) is 0 Å². The van der Waals surface area contributed by atoms with Crippen molar-refractivity contribution in [2.75, 3.05) is 31.3 Å². The van der Waals surface area contributed by atoms with Gasteiger partial charge in [-0.3, -0.25) is 0 Å². The zero-order chi connectivity index (χ0) is 21.0. The first-order valence-electron chi connectivity index (χ1n) is 9.06. The van der Waals surface area contributed by atoms with E-state index in [2.05, 4.69) is 22.5 Å². The number of aromatic nitrogens is 1. The summed E-state index contributed by atoms with van der Waals surface area (Å²) in [5, 5.41) is 6.86. The second-order valence-electron chi connectivity index (χ2n) is 6.58. The Balaban J connectivity index is 1.89. The molecule has 0 spiro atoms. The summed E-state index contributed by atoms with van der Waals surface area (Å²) in [7, 11) is 3.32. The number of anilines is 2. The zero-order valence-electron chi connectivity index (χ0n) is 16.4. The molecule has 0 aliphatic heterocycles. The number of ether oxygens (including phenoxy) is 1. The summed E-state index contributed by atoms with van der Waals surface area (Å²) in [5.41, 5.74) is 3.41. The quantitative estimate of drug-likeness (QED) is 0.589. The molecule has 3 aromatic rings. The van der Waals surface area contributed by atoms with E-state index in [-0.39, 0.29) is 6.54 Å². The lowest BCUT2D eigenvalue weighted by molar-refractivity contribution is -0.140. The largest absolute Gasteiger partial charge is 0.495 e. The van der Waals surface area contributed by atoms with Crippen molar-refractivity contribution in [2.24, 2.45) is 0 Å². The number of nitrogens with one attached hydrogen (secondary N) is 2. The van der Waals surface area contributed by atoms with Crippen molar-refractivity contribution in [1.82, 2.24) is 4.57 Å². The molecule has 0 bridgehead atoms. The molecule has 0 fully saturated rings. The number of aryl methyl sites for hydroxylation is 1. The van der Waals surface area contributed by atoms with Gasteiger partial charge in [0.15, 0.2) is 0 Å². The number of alkyl halides is 3. The summed E-state index contributed by atoms with van der Waals surface area (Å²) >= 11 is 0. The van der Waals surface area contributed by atoms with E-state index >= 15 is 0 Å². The second kappa shape index (κ2) is 8.39. The van der Waals surface area contributed by atoms with Crippen molar-refractivity contribution in [1.29, 1.82) is 0 Å². The lowest BCUT2D eigenvalue weighted by atomic mass is 10.2. The molecule has 0 atom stereocenters. The van der Waals surface area contributed by atoms with Crippen molar-refractivity contribution >= 4 is 22.3 Å². The summed E-state index contributed by atoms with van der Waals surface area (Å²) < 4.78 is 45.9. The highest BCUT2D eigenvalue weighted by Gasteiger charge is 2.29. The molecule has 0 saturated carbocycles. The van der Waals surface area contributed by atoms with Crippen molar-refractivity contribution < 1.29 is 17.9 Å². The Hall–Kier alpha value is -3.27. The van der Waals surface area contributed by atoms with Crippen LogP contribution < -0.4 is 15.4 Å². The van der Waals surface area contributed by atoms with Crippen LogP contribution in [0.5, 0.6) is 5.75 Å². The lowest BCUT2D eigenvalue weighted by Gasteiger charge is -2.11. The summed E-state index contributed by atoms with van der Waals surface area (Å²) in [6.45, 7) is 1.14. The molecule has 7 heteroatoms. The topological polar surface area (TPSA) is 38.2 Å². The van der Waals surface area contributed by atoms with E-state index in [1.54, 1.807) is 32.4 Å². The molecule has 0 aliphatic carbocycles. The van der Waals surface area contributed by atoms with Crippen LogP contribution in [-0.4, -0.2) is 31.4 Å². The Morgan fingerprint density at radius 2 is 1.90 bits per heavy atom. The van der Waals surface area contributed by atoms with Gasteiger partial charge in [-0.2, -0.15) is 13.2 Å². The molecule has 4 nitrogen and oxygen atoms in total. The van der Waals surface area contributed by atoms with E-state index in [1.807, 2.05) is 31.2 Å². The molecule has 0 amide bonds. The Kier molecular flexibility index (Phi) is 5.92. The van der Waals surface area contributed by atoms with Gasteiger partial charge in [0.05, 0.1) is 30.6 Å². The lowest BCUT2D eigenvalue weighted by Crippen LogP contribution is -2.18. The Morgan fingerprint density at radius 1 is 1.10 bits per heavy atom. The van der Waals surface area contributed by atoms with E-state index in [9.17, 15) is 13.2 Å². The highest BCUT2D eigenvalue weighted by molar-refractivity contribution is 5.93. The minimum atomic E-state index is -4.34. The molecule has 29 heavy (non-hydrogen) atoms. The second-order valence-corrected chi connectivity index (χ2v) is 6.58. The number of benzene rings is 2. The molecule has 1 heterocycles. The Bertz CT molecular complexity index is 1070. The molecule has 0 radical (unpaired) electrons. The van der Waals surface area contributed by atoms with Crippen molar-refractivity contribution in [3.05, 3.63) is 53.7 Å². The minimum Gasteiger partial charge on any atom is -0.495 e.